The van der Waals surface area contributed by atoms with Crippen molar-refractivity contribution < 1.29 is 9.53 Å². The van der Waals surface area contributed by atoms with Crippen LogP contribution in [0, 0.1) is 0 Å². The van der Waals surface area contributed by atoms with Crippen molar-refractivity contribution in [2.45, 2.75) is 18.8 Å². The Morgan fingerprint density at radius 2 is 2.14 bits per heavy atom. The van der Waals surface area contributed by atoms with Crippen molar-refractivity contribution in [2.24, 2.45) is 7.05 Å². The number of carbonyl (C=O) groups is 1. The van der Waals surface area contributed by atoms with E-state index < -0.39 is 0 Å². The van der Waals surface area contributed by atoms with Crippen LogP contribution in [0.4, 0.5) is 0 Å². The maximum absolute atomic E-state index is 12.3. The van der Waals surface area contributed by atoms with E-state index in [0.717, 1.165) is 37.4 Å². The van der Waals surface area contributed by atoms with Crippen molar-refractivity contribution in [3.63, 3.8) is 0 Å². The summed E-state index contributed by atoms with van der Waals surface area (Å²) >= 11 is 0. The summed E-state index contributed by atoms with van der Waals surface area (Å²) < 4.78 is 7.37. The van der Waals surface area contributed by atoms with Gasteiger partial charge in [-0.05, 0) is 31.0 Å². The molecule has 1 atom stereocenters. The van der Waals surface area contributed by atoms with Gasteiger partial charge in [-0.25, -0.2) is 0 Å². The second-order valence-corrected chi connectivity index (χ2v) is 5.69. The molecule has 0 bridgehead atoms. The predicted molar refractivity (Wildman–Crippen MR) is 83.7 cm³/mol. The van der Waals surface area contributed by atoms with E-state index >= 15 is 0 Å². The van der Waals surface area contributed by atoms with E-state index in [1.807, 2.05) is 59.2 Å². The van der Waals surface area contributed by atoms with Crippen LogP contribution in [-0.4, -0.2) is 40.3 Å². The topological polar surface area (TPSA) is 47.4 Å². The normalized spacial score (nSPS) is 18.2. The number of hydrogen-bond donors (Lipinski definition) is 0. The third-order valence-electron chi connectivity index (χ3n) is 4.03. The Bertz CT molecular complexity index is 624. The highest BCUT2D eigenvalue weighted by Crippen LogP contribution is 2.25. The fourth-order valence-corrected chi connectivity index (χ4v) is 2.85. The SMILES string of the molecule is Cn1ccc([C@H]2CCCN(C(=O)COc3ccccc3)C2)n1. The lowest BCUT2D eigenvalue weighted by Crippen LogP contribution is -2.41. The number of aryl methyl sites for hydroxylation is 1. The highest BCUT2D eigenvalue weighted by molar-refractivity contribution is 5.78. The van der Waals surface area contributed by atoms with Crippen LogP contribution in [0.15, 0.2) is 42.6 Å². The molecule has 2 aromatic rings. The minimum Gasteiger partial charge on any atom is -0.484 e. The Morgan fingerprint density at radius 1 is 1.32 bits per heavy atom. The molecule has 1 aliphatic rings. The van der Waals surface area contributed by atoms with Gasteiger partial charge < -0.3 is 9.64 Å². The van der Waals surface area contributed by atoms with E-state index in [0.29, 0.717) is 5.92 Å². The summed E-state index contributed by atoms with van der Waals surface area (Å²) in [5, 5.41) is 4.47. The van der Waals surface area contributed by atoms with Crippen LogP contribution in [0.1, 0.15) is 24.5 Å². The summed E-state index contributed by atoms with van der Waals surface area (Å²) in [6, 6.07) is 11.5. The van der Waals surface area contributed by atoms with E-state index in [2.05, 4.69) is 5.10 Å². The summed E-state index contributed by atoms with van der Waals surface area (Å²) in [6.07, 6.45) is 4.05. The Kier molecular flexibility index (Phi) is 4.42. The van der Waals surface area contributed by atoms with Crippen LogP contribution < -0.4 is 4.74 Å². The molecule has 1 fully saturated rings. The first kappa shape index (κ1) is 14.6. The highest BCUT2D eigenvalue weighted by atomic mass is 16.5. The molecule has 1 amide bonds. The Labute approximate surface area is 130 Å². The van der Waals surface area contributed by atoms with Crippen molar-refractivity contribution in [1.82, 2.24) is 14.7 Å². The minimum absolute atomic E-state index is 0.0458. The average molecular weight is 299 g/mol. The zero-order valence-corrected chi connectivity index (χ0v) is 12.8. The van der Waals surface area contributed by atoms with Gasteiger partial charge >= 0.3 is 0 Å². The van der Waals surface area contributed by atoms with Crippen LogP contribution in [0.5, 0.6) is 5.75 Å². The first-order chi connectivity index (χ1) is 10.7. The van der Waals surface area contributed by atoms with Crippen LogP contribution in [0.2, 0.25) is 0 Å². The molecular formula is C17H21N3O2. The summed E-state index contributed by atoms with van der Waals surface area (Å²) in [5.41, 5.74) is 1.07. The molecule has 0 aliphatic carbocycles. The Morgan fingerprint density at radius 3 is 2.86 bits per heavy atom. The van der Waals surface area contributed by atoms with Crippen molar-refractivity contribution >= 4 is 5.91 Å². The molecule has 1 aromatic heterocycles. The molecule has 1 aliphatic heterocycles. The molecule has 5 nitrogen and oxygen atoms in total. The van der Waals surface area contributed by atoms with Gasteiger partial charge in [0.25, 0.3) is 5.91 Å². The van der Waals surface area contributed by atoms with Crippen molar-refractivity contribution in [2.75, 3.05) is 19.7 Å². The van der Waals surface area contributed by atoms with Crippen molar-refractivity contribution in [1.29, 1.82) is 0 Å². The van der Waals surface area contributed by atoms with Crippen LogP contribution >= 0.6 is 0 Å². The van der Waals surface area contributed by atoms with Gasteiger partial charge in [0.05, 0.1) is 5.69 Å². The number of benzene rings is 1. The molecule has 22 heavy (non-hydrogen) atoms. The quantitative estimate of drug-likeness (QED) is 0.869. The maximum atomic E-state index is 12.3. The van der Waals surface area contributed by atoms with Crippen LogP contribution in [0.25, 0.3) is 0 Å². The predicted octanol–water partition coefficient (Wildman–Crippen LogP) is 2.21. The lowest BCUT2D eigenvalue weighted by Gasteiger charge is -2.32. The molecule has 2 heterocycles. The van der Waals surface area contributed by atoms with Gasteiger partial charge in [-0.2, -0.15) is 5.10 Å². The van der Waals surface area contributed by atoms with E-state index in [-0.39, 0.29) is 12.5 Å². The lowest BCUT2D eigenvalue weighted by molar-refractivity contribution is -0.134. The maximum Gasteiger partial charge on any atom is 0.260 e. The van der Waals surface area contributed by atoms with Gasteiger partial charge in [0.15, 0.2) is 6.61 Å². The van der Waals surface area contributed by atoms with Crippen molar-refractivity contribution in [3.05, 3.63) is 48.3 Å². The number of rotatable bonds is 4. The van der Waals surface area contributed by atoms with E-state index in [9.17, 15) is 4.79 Å². The third-order valence-corrected chi connectivity index (χ3v) is 4.03. The minimum atomic E-state index is 0.0458. The number of piperidine rings is 1. The number of aromatic nitrogens is 2. The van der Waals surface area contributed by atoms with Gasteiger partial charge in [0.1, 0.15) is 5.75 Å². The summed E-state index contributed by atoms with van der Waals surface area (Å²) in [6.45, 7) is 1.63. The molecular weight excluding hydrogens is 278 g/mol. The number of likely N-dealkylation sites (tertiary alicyclic amines) is 1. The molecule has 0 radical (unpaired) electrons. The first-order valence-electron chi connectivity index (χ1n) is 7.67. The highest BCUT2D eigenvalue weighted by Gasteiger charge is 2.26. The van der Waals surface area contributed by atoms with Gasteiger partial charge in [-0.3, -0.25) is 9.48 Å². The largest absolute Gasteiger partial charge is 0.484 e. The van der Waals surface area contributed by atoms with E-state index in [1.54, 1.807) is 0 Å². The zero-order valence-electron chi connectivity index (χ0n) is 12.8. The number of para-hydroxylation sites is 1. The lowest BCUT2D eigenvalue weighted by atomic mass is 9.95. The second-order valence-electron chi connectivity index (χ2n) is 5.69. The Hall–Kier alpha value is -2.30. The monoisotopic (exact) mass is 299 g/mol. The number of amides is 1. The standard InChI is InChI=1S/C17H21N3O2/c1-19-11-9-16(18-19)14-6-5-10-20(12-14)17(21)13-22-15-7-3-2-4-8-15/h2-4,7-9,11,14H,5-6,10,12-13H2,1H3/t14-/m0/s1. The molecule has 0 N–H and O–H groups in total. The number of carbonyl (C=O) groups excluding carboxylic acids is 1. The summed E-state index contributed by atoms with van der Waals surface area (Å²) in [4.78, 5) is 14.2. The third kappa shape index (κ3) is 3.47. The number of hydrogen-bond acceptors (Lipinski definition) is 3. The van der Waals surface area contributed by atoms with Crippen LogP contribution in [0.3, 0.4) is 0 Å². The zero-order chi connectivity index (χ0) is 15.4. The smallest absolute Gasteiger partial charge is 0.260 e. The average Bonchev–Trinajstić information content (AvgIpc) is 3.00. The fourth-order valence-electron chi connectivity index (χ4n) is 2.85. The van der Waals surface area contributed by atoms with Gasteiger partial charge in [0.2, 0.25) is 0 Å². The second kappa shape index (κ2) is 6.64. The van der Waals surface area contributed by atoms with E-state index in [4.69, 9.17) is 4.74 Å². The molecule has 1 aromatic carbocycles. The number of ether oxygens (including phenoxy) is 1. The fraction of sp³-hybridized carbons (Fsp3) is 0.412. The molecule has 0 saturated carbocycles. The molecule has 0 spiro atoms. The van der Waals surface area contributed by atoms with Gasteiger partial charge in [-0.15, -0.1) is 0 Å². The molecule has 3 rings (SSSR count). The van der Waals surface area contributed by atoms with E-state index in [1.165, 1.54) is 0 Å². The number of nitrogens with zero attached hydrogens (tertiary/aromatic N) is 3. The molecule has 5 heteroatoms. The van der Waals surface area contributed by atoms with Crippen molar-refractivity contribution in [3.8, 4) is 5.75 Å². The summed E-state index contributed by atoms with van der Waals surface area (Å²) in [5.74, 6) is 1.11. The van der Waals surface area contributed by atoms with Crippen LogP contribution in [-0.2, 0) is 11.8 Å². The van der Waals surface area contributed by atoms with Gasteiger partial charge in [-0.1, -0.05) is 18.2 Å². The summed E-state index contributed by atoms with van der Waals surface area (Å²) in [7, 11) is 1.92. The Balaban J connectivity index is 1.56. The molecule has 116 valence electrons. The molecule has 0 unspecified atom stereocenters. The first-order valence-corrected chi connectivity index (χ1v) is 7.67. The molecule has 1 saturated heterocycles. The van der Waals surface area contributed by atoms with Gasteiger partial charge in [0, 0.05) is 32.3 Å².